The predicted octanol–water partition coefficient (Wildman–Crippen LogP) is -0.489. The van der Waals surface area contributed by atoms with Gasteiger partial charge in [0.2, 0.25) is 5.91 Å². The van der Waals surface area contributed by atoms with Crippen LogP contribution in [0.2, 0.25) is 0 Å². The third-order valence-corrected chi connectivity index (χ3v) is 3.05. The number of esters is 1. The second-order valence-corrected chi connectivity index (χ2v) is 4.56. The second-order valence-electron chi connectivity index (χ2n) is 4.56. The van der Waals surface area contributed by atoms with E-state index in [0.717, 1.165) is 12.8 Å². The van der Waals surface area contributed by atoms with Crippen molar-refractivity contribution in [3.05, 3.63) is 0 Å². The van der Waals surface area contributed by atoms with Gasteiger partial charge in [-0.05, 0) is 6.42 Å². The minimum Gasteiger partial charge on any atom is -0.468 e. The van der Waals surface area contributed by atoms with E-state index in [1.54, 1.807) is 4.90 Å². The Kier molecular flexibility index (Phi) is 6.07. The molecule has 0 aliphatic carbocycles. The Bertz CT molecular complexity index is 296. The van der Waals surface area contributed by atoms with Gasteiger partial charge in [-0.15, -0.1) is 0 Å². The molecule has 6 heteroatoms. The molecule has 2 atom stereocenters. The Labute approximate surface area is 107 Å². The van der Waals surface area contributed by atoms with Crippen LogP contribution in [0.3, 0.4) is 0 Å². The Balaban J connectivity index is 2.43. The summed E-state index contributed by atoms with van der Waals surface area (Å²) in [7, 11) is 1.31. The number of carbonyl (C=O) groups is 2. The first kappa shape index (κ1) is 14.9. The van der Waals surface area contributed by atoms with Gasteiger partial charge >= 0.3 is 5.97 Å². The Hall–Kier alpha value is -1.14. The van der Waals surface area contributed by atoms with Crippen LogP contribution < -0.4 is 5.32 Å². The van der Waals surface area contributed by atoms with Gasteiger partial charge in [-0.2, -0.15) is 0 Å². The molecule has 18 heavy (non-hydrogen) atoms. The minimum atomic E-state index is -0.572. The van der Waals surface area contributed by atoms with Gasteiger partial charge in [-0.1, -0.05) is 13.3 Å². The molecule has 1 aliphatic heterocycles. The van der Waals surface area contributed by atoms with Gasteiger partial charge in [-0.3, -0.25) is 14.5 Å². The smallest absolute Gasteiger partial charge is 0.323 e. The first-order chi connectivity index (χ1) is 8.58. The van der Waals surface area contributed by atoms with E-state index in [4.69, 9.17) is 0 Å². The number of nitrogens with zero attached hydrogens (tertiary/aromatic N) is 1. The van der Waals surface area contributed by atoms with E-state index < -0.39 is 18.1 Å². The first-order valence-electron chi connectivity index (χ1n) is 6.35. The average Bonchev–Trinajstić information content (AvgIpc) is 2.69. The van der Waals surface area contributed by atoms with Crippen LogP contribution in [0.15, 0.2) is 0 Å². The first-order valence-corrected chi connectivity index (χ1v) is 6.35. The van der Waals surface area contributed by atoms with Crippen molar-refractivity contribution in [1.29, 1.82) is 0 Å². The summed E-state index contributed by atoms with van der Waals surface area (Å²) < 4.78 is 4.67. The number of ether oxygens (including phenoxy) is 1. The molecule has 1 heterocycles. The van der Waals surface area contributed by atoms with E-state index in [1.807, 2.05) is 0 Å². The fourth-order valence-electron chi connectivity index (χ4n) is 2.08. The number of β-amino-alcohol motifs (C(OH)–C–C–N with tert-alkyl or cyclic N) is 1. The molecule has 1 fully saturated rings. The summed E-state index contributed by atoms with van der Waals surface area (Å²) in [6.45, 7) is 3.16. The lowest BCUT2D eigenvalue weighted by Gasteiger charge is -2.21. The Morgan fingerprint density at radius 3 is 2.83 bits per heavy atom. The number of nitrogens with one attached hydrogen (secondary N) is 1. The van der Waals surface area contributed by atoms with Gasteiger partial charge < -0.3 is 15.2 Å². The van der Waals surface area contributed by atoms with Crippen LogP contribution in [-0.4, -0.2) is 60.8 Å². The molecule has 6 nitrogen and oxygen atoms in total. The number of aliphatic hydroxyl groups is 1. The topological polar surface area (TPSA) is 78.9 Å². The fraction of sp³-hybridized carbons (Fsp3) is 0.833. The van der Waals surface area contributed by atoms with Crippen molar-refractivity contribution in [3.8, 4) is 0 Å². The van der Waals surface area contributed by atoms with E-state index in [2.05, 4.69) is 17.0 Å². The molecule has 1 saturated heterocycles. The lowest BCUT2D eigenvalue weighted by atomic mass is 10.2. The van der Waals surface area contributed by atoms with Crippen LogP contribution in [0.1, 0.15) is 26.2 Å². The number of rotatable bonds is 6. The maximum atomic E-state index is 11.7. The molecule has 0 aromatic heterocycles. The number of hydrogen-bond acceptors (Lipinski definition) is 5. The molecule has 0 bridgehead atoms. The zero-order chi connectivity index (χ0) is 13.5. The van der Waals surface area contributed by atoms with Crippen molar-refractivity contribution in [2.75, 3.05) is 26.7 Å². The molecule has 0 aromatic carbocycles. The van der Waals surface area contributed by atoms with Gasteiger partial charge in [0.05, 0.1) is 19.8 Å². The molecular formula is C12H22N2O4. The normalized spacial score (nSPS) is 23.9. The van der Waals surface area contributed by atoms with Crippen molar-refractivity contribution >= 4 is 11.9 Å². The highest BCUT2D eigenvalue weighted by atomic mass is 16.5. The summed E-state index contributed by atoms with van der Waals surface area (Å²) in [5.74, 6) is -0.514. The molecule has 2 unspecified atom stereocenters. The molecule has 1 rings (SSSR count). The molecular weight excluding hydrogens is 236 g/mol. The predicted molar refractivity (Wildman–Crippen MR) is 65.9 cm³/mol. The summed E-state index contributed by atoms with van der Waals surface area (Å²) >= 11 is 0. The molecule has 0 aromatic rings. The van der Waals surface area contributed by atoms with Crippen LogP contribution in [0.4, 0.5) is 0 Å². The summed E-state index contributed by atoms with van der Waals surface area (Å²) in [5, 5.41) is 12.3. The zero-order valence-corrected chi connectivity index (χ0v) is 11.0. The maximum absolute atomic E-state index is 11.7. The molecule has 104 valence electrons. The number of hydrogen-bond donors (Lipinski definition) is 2. The van der Waals surface area contributed by atoms with E-state index in [9.17, 15) is 14.7 Å². The summed E-state index contributed by atoms with van der Waals surface area (Å²) in [4.78, 5) is 24.8. The number of amides is 1. The quantitative estimate of drug-likeness (QED) is 0.496. The highest BCUT2D eigenvalue weighted by molar-refractivity contribution is 5.80. The standard InChI is InChI=1S/C12H22N2O4/c1-3-4-5-13-11(16)8-14-7-9(15)6-10(14)12(17)18-2/h9-10,15H,3-8H2,1-2H3,(H,13,16). The second kappa shape index (κ2) is 7.33. The summed E-state index contributed by atoms with van der Waals surface area (Å²) in [6.07, 6.45) is 1.72. The minimum absolute atomic E-state index is 0.119. The van der Waals surface area contributed by atoms with Crippen LogP contribution in [0.5, 0.6) is 0 Å². The maximum Gasteiger partial charge on any atom is 0.323 e. The Morgan fingerprint density at radius 1 is 1.50 bits per heavy atom. The average molecular weight is 258 g/mol. The lowest BCUT2D eigenvalue weighted by molar-refractivity contribution is -0.146. The van der Waals surface area contributed by atoms with E-state index in [-0.39, 0.29) is 12.5 Å². The van der Waals surface area contributed by atoms with Crippen molar-refractivity contribution in [2.45, 2.75) is 38.3 Å². The number of unbranched alkanes of at least 4 members (excludes halogenated alkanes) is 1. The van der Waals surface area contributed by atoms with Gasteiger partial charge in [0, 0.05) is 19.5 Å². The summed E-state index contributed by atoms with van der Waals surface area (Å²) in [6, 6.07) is -0.512. The SMILES string of the molecule is CCCCNC(=O)CN1CC(O)CC1C(=O)OC. The lowest BCUT2D eigenvalue weighted by Crippen LogP contribution is -2.43. The van der Waals surface area contributed by atoms with Gasteiger partial charge in [-0.25, -0.2) is 0 Å². The fourth-order valence-corrected chi connectivity index (χ4v) is 2.08. The van der Waals surface area contributed by atoms with Gasteiger partial charge in [0.15, 0.2) is 0 Å². The Morgan fingerprint density at radius 2 is 2.22 bits per heavy atom. The molecule has 0 saturated carbocycles. The third kappa shape index (κ3) is 4.27. The number of carbonyl (C=O) groups excluding carboxylic acids is 2. The summed E-state index contributed by atoms with van der Waals surface area (Å²) in [5.41, 5.74) is 0. The number of methoxy groups -OCH3 is 1. The van der Waals surface area contributed by atoms with Gasteiger partial charge in [0.1, 0.15) is 6.04 Å². The van der Waals surface area contributed by atoms with Gasteiger partial charge in [0.25, 0.3) is 0 Å². The van der Waals surface area contributed by atoms with E-state index in [1.165, 1.54) is 7.11 Å². The van der Waals surface area contributed by atoms with E-state index >= 15 is 0 Å². The number of aliphatic hydroxyl groups excluding tert-OH is 1. The van der Waals surface area contributed by atoms with Crippen molar-refractivity contribution in [1.82, 2.24) is 10.2 Å². The van der Waals surface area contributed by atoms with Crippen molar-refractivity contribution in [2.24, 2.45) is 0 Å². The highest BCUT2D eigenvalue weighted by Gasteiger charge is 2.37. The van der Waals surface area contributed by atoms with Crippen LogP contribution in [-0.2, 0) is 14.3 Å². The monoisotopic (exact) mass is 258 g/mol. The molecule has 2 N–H and O–H groups in total. The van der Waals surface area contributed by atoms with Crippen LogP contribution >= 0.6 is 0 Å². The van der Waals surface area contributed by atoms with Crippen LogP contribution in [0.25, 0.3) is 0 Å². The molecule has 0 spiro atoms. The van der Waals surface area contributed by atoms with Crippen molar-refractivity contribution < 1.29 is 19.4 Å². The number of likely N-dealkylation sites (tertiary alicyclic amines) is 1. The highest BCUT2D eigenvalue weighted by Crippen LogP contribution is 2.18. The molecule has 0 radical (unpaired) electrons. The van der Waals surface area contributed by atoms with E-state index in [0.29, 0.717) is 19.5 Å². The molecule has 1 aliphatic rings. The largest absolute Gasteiger partial charge is 0.468 e. The van der Waals surface area contributed by atoms with Crippen LogP contribution in [0, 0.1) is 0 Å². The zero-order valence-electron chi connectivity index (χ0n) is 11.0. The third-order valence-electron chi connectivity index (χ3n) is 3.05. The van der Waals surface area contributed by atoms with Crippen molar-refractivity contribution in [3.63, 3.8) is 0 Å². The molecule has 1 amide bonds.